The molecule has 1 aliphatic carbocycles. The van der Waals surface area contributed by atoms with Crippen molar-refractivity contribution in [1.29, 1.82) is 0 Å². The molecular weight excluding hydrogens is 342 g/mol. The molecule has 148 valence electrons. The molecule has 0 unspecified atom stereocenters. The molecule has 7 nitrogen and oxygen atoms in total. The minimum atomic E-state index is -0.297. The van der Waals surface area contributed by atoms with E-state index in [-0.39, 0.29) is 5.54 Å². The molecule has 0 atom stereocenters. The van der Waals surface area contributed by atoms with Crippen LogP contribution in [0.2, 0.25) is 0 Å². The Balaban J connectivity index is 1.45. The van der Waals surface area contributed by atoms with Crippen molar-refractivity contribution >= 4 is 11.9 Å². The lowest BCUT2D eigenvalue weighted by molar-refractivity contribution is -0.152. The predicted octanol–water partition coefficient (Wildman–Crippen LogP) is 1.80. The molecule has 1 amide bonds. The standard InChI is InChI=1S/C20H31N5O2/c21-19-22-9-4-17(23-19)16-5-10-24(11-6-16)18(26)20(7-2-1-3-8-20)25-12-14-27-15-13-25/h4,9,16H,1-3,5-8,10-15H2,(H2,21,22,23). The first-order chi connectivity index (χ1) is 13.2. The lowest BCUT2D eigenvalue weighted by atomic mass is 9.78. The number of carbonyl (C=O) groups is 1. The van der Waals surface area contributed by atoms with Crippen LogP contribution in [0.1, 0.15) is 56.6 Å². The van der Waals surface area contributed by atoms with E-state index < -0.39 is 0 Å². The zero-order valence-electron chi connectivity index (χ0n) is 16.1. The highest BCUT2D eigenvalue weighted by molar-refractivity contribution is 5.86. The number of nitrogens with zero attached hydrogens (tertiary/aromatic N) is 4. The van der Waals surface area contributed by atoms with E-state index >= 15 is 0 Å². The zero-order valence-corrected chi connectivity index (χ0v) is 16.1. The van der Waals surface area contributed by atoms with Gasteiger partial charge in [-0.3, -0.25) is 9.69 Å². The second-order valence-corrected chi connectivity index (χ2v) is 8.10. The fourth-order valence-corrected chi connectivity index (χ4v) is 5.08. The molecule has 7 heteroatoms. The number of hydrogen-bond donors (Lipinski definition) is 1. The first kappa shape index (κ1) is 18.6. The summed E-state index contributed by atoms with van der Waals surface area (Å²) < 4.78 is 5.54. The number of anilines is 1. The van der Waals surface area contributed by atoms with Crippen LogP contribution in [0.25, 0.3) is 0 Å². The van der Waals surface area contributed by atoms with Gasteiger partial charge in [-0.1, -0.05) is 19.3 Å². The lowest BCUT2D eigenvalue weighted by Gasteiger charge is -2.49. The van der Waals surface area contributed by atoms with Gasteiger partial charge in [-0.05, 0) is 31.7 Å². The van der Waals surface area contributed by atoms with E-state index in [1.165, 1.54) is 6.42 Å². The van der Waals surface area contributed by atoms with Gasteiger partial charge in [-0.2, -0.15) is 0 Å². The fraction of sp³-hybridized carbons (Fsp3) is 0.750. The summed E-state index contributed by atoms with van der Waals surface area (Å²) in [6.45, 7) is 4.85. The van der Waals surface area contributed by atoms with Crippen molar-refractivity contribution in [2.75, 3.05) is 45.1 Å². The van der Waals surface area contributed by atoms with Gasteiger partial charge in [0.1, 0.15) is 5.54 Å². The van der Waals surface area contributed by atoms with Crippen LogP contribution in [0.15, 0.2) is 12.3 Å². The number of ether oxygens (including phenoxy) is 1. The highest BCUT2D eigenvalue weighted by Crippen LogP contribution is 2.37. The van der Waals surface area contributed by atoms with E-state index in [0.29, 0.717) is 17.8 Å². The summed E-state index contributed by atoms with van der Waals surface area (Å²) in [6.07, 6.45) is 9.16. The van der Waals surface area contributed by atoms with Crippen molar-refractivity contribution in [3.63, 3.8) is 0 Å². The Hall–Kier alpha value is -1.73. The number of morpholine rings is 1. The molecule has 3 heterocycles. The van der Waals surface area contributed by atoms with Gasteiger partial charge in [0, 0.05) is 44.0 Å². The molecule has 1 aromatic heterocycles. The summed E-state index contributed by atoms with van der Waals surface area (Å²) >= 11 is 0. The third-order valence-electron chi connectivity index (χ3n) is 6.59. The van der Waals surface area contributed by atoms with Gasteiger partial charge in [-0.25, -0.2) is 9.97 Å². The van der Waals surface area contributed by atoms with Crippen molar-refractivity contribution in [2.45, 2.75) is 56.4 Å². The second-order valence-electron chi connectivity index (χ2n) is 8.10. The van der Waals surface area contributed by atoms with Crippen LogP contribution in [-0.4, -0.2) is 70.6 Å². The third kappa shape index (κ3) is 3.80. The van der Waals surface area contributed by atoms with Crippen LogP contribution in [0.3, 0.4) is 0 Å². The van der Waals surface area contributed by atoms with E-state index in [2.05, 4.69) is 19.8 Å². The number of hydrogen-bond acceptors (Lipinski definition) is 6. The molecular formula is C20H31N5O2. The highest BCUT2D eigenvalue weighted by atomic mass is 16.5. The van der Waals surface area contributed by atoms with Gasteiger partial charge in [0.05, 0.1) is 13.2 Å². The Morgan fingerprint density at radius 2 is 1.81 bits per heavy atom. The Morgan fingerprint density at radius 3 is 2.48 bits per heavy atom. The summed E-state index contributed by atoms with van der Waals surface area (Å²) in [5.41, 5.74) is 6.45. The van der Waals surface area contributed by atoms with Crippen LogP contribution < -0.4 is 5.73 Å². The van der Waals surface area contributed by atoms with Gasteiger partial charge in [-0.15, -0.1) is 0 Å². The molecule has 1 aromatic rings. The summed E-state index contributed by atoms with van der Waals surface area (Å²) in [6, 6.07) is 1.95. The van der Waals surface area contributed by atoms with Crippen LogP contribution >= 0.6 is 0 Å². The molecule has 0 aromatic carbocycles. The highest BCUT2D eigenvalue weighted by Gasteiger charge is 2.47. The average Bonchev–Trinajstić information content (AvgIpc) is 2.74. The number of nitrogen functional groups attached to an aromatic ring is 1. The van der Waals surface area contributed by atoms with Gasteiger partial charge < -0.3 is 15.4 Å². The SMILES string of the molecule is Nc1nccc(C2CCN(C(=O)C3(N4CCOCC4)CCCCC3)CC2)n1. The molecule has 3 aliphatic rings. The van der Waals surface area contributed by atoms with Gasteiger partial charge in [0.15, 0.2) is 0 Å². The normalized spacial score (nSPS) is 24.7. The maximum atomic E-state index is 13.7. The molecule has 1 saturated carbocycles. The number of carbonyl (C=O) groups excluding carboxylic acids is 1. The number of aromatic nitrogens is 2. The van der Waals surface area contributed by atoms with Crippen LogP contribution in [0.5, 0.6) is 0 Å². The van der Waals surface area contributed by atoms with Crippen molar-refractivity contribution in [3.8, 4) is 0 Å². The van der Waals surface area contributed by atoms with Crippen molar-refractivity contribution in [1.82, 2.24) is 19.8 Å². The zero-order chi connectivity index (χ0) is 18.7. The number of likely N-dealkylation sites (tertiary alicyclic amines) is 1. The lowest BCUT2D eigenvalue weighted by Crippen LogP contribution is -2.63. The van der Waals surface area contributed by atoms with Crippen molar-refractivity contribution in [3.05, 3.63) is 18.0 Å². The topological polar surface area (TPSA) is 84.6 Å². The minimum Gasteiger partial charge on any atom is -0.379 e. The fourth-order valence-electron chi connectivity index (χ4n) is 5.08. The van der Waals surface area contributed by atoms with Crippen LogP contribution in [0.4, 0.5) is 5.95 Å². The number of piperidine rings is 1. The molecule has 0 radical (unpaired) electrons. The second kappa shape index (κ2) is 8.10. The maximum absolute atomic E-state index is 13.7. The Bertz CT molecular complexity index is 648. The van der Waals surface area contributed by atoms with Crippen molar-refractivity contribution < 1.29 is 9.53 Å². The summed E-state index contributed by atoms with van der Waals surface area (Å²) in [4.78, 5) is 26.6. The Morgan fingerprint density at radius 1 is 1.11 bits per heavy atom. The summed E-state index contributed by atoms with van der Waals surface area (Å²) in [5, 5.41) is 0. The maximum Gasteiger partial charge on any atom is 0.243 e. The van der Waals surface area contributed by atoms with Crippen LogP contribution in [-0.2, 0) is 9.53 Å². The Labute approximate surface area is 161 Å². The molecule has 0 spiro atoms. The number of nitrogens with two attached hydrogens (primary N) is 1. The molecule has 27 heavy (non-hydrogen) atoms. The number of rotatable bonds is 3. The quantitative estimate of drug-likeness (QED) is 0.870. The summed E-state index contributed by atoms with van der Waals surface area (Å²) in [5.74, 6) is 1.05. The van der Waals surface area contributed by atoms with E-state index in [1.807, 2.05) is 6.07 Å². The van der Waals surface area contributed by atoms with E-state index in [4.69, 9.17) is 10.5 Å². The molecule has 2 N–H and O–H groups in total. The first-order valence-corrected chi connectivity index (χ1v) is 10.4. The van der Waals surface area contributed by atoms with Gasteiger partial charge >= 0.3 is 0 Å². The third-order valence-corrected chi connectivity index (χ3v) is 6.59. The molecule has 3 fully saturated rings. The molecule has 2 aliphatic heterocycles. The largest absolute Gasteiger partial charge is 0.379 e. The molecule has 2 saturated heterocycles. The van der Waals surface area contributed by atoms with E-state index in [1.54, 1.807) is 6.20 Å². The van der Waals surface area contributed by atoms with Gasteiger partial charge in [0.25, 0.3) is 0 Å². The molecule has 0 bridgehead atoms. The van der Waals surface area contributed by atoms with E-state index in [0.717, 1.165) is 83.6 Å². The van der Waals surface area contributed by atoms with Gasteiger partial charge in [0.2, 0.25) is 11.9 Å². The van der Waals surface area contributed by atoms with Crippen LogP contribution in [0, 0.1) is 0 Å². The monoisotopic (exact) mass is 373 g/mol. The minimum absolute atomic E-state index is 0.297. The average molecular weight is 374 g/mol. The summed E-state index contributed by atoms with van der Waals surface area (Å²) in [7, 11) is 0. The smallest absolute Gasteiger partial charge is 0.243 e. The van der Waals surface area contributed by atoms with E-state index in [9.17, 15) is 4.79 Å². The predicted molar refractivity (Wildman–Crippen MR) is 103 cm³/mol. The Kier molecular flexibility index (Phi) is 5.59. The first-order valence-electron chi connectivity index (χ1n) is 10.4. The van der Waals surface area contributed by atoms with Crippen molar-refractivity contribution in [2.24, 2.45) is 0 Å². The molecule has 4 rings (SSSR count). The number of amides is 1.